The Hall–Kier alpha value is -0.830. The molecule has 0 spiro atoms. The Morgan fingerprint density at radius 2 is 2.00 bits per heavy atom. The van der Waals surface area contributed by atoms with Crippen molar-refractivity contribution in [1.82, 2.24) is 9.78 Å². The van der Waals surface area contributed by atoms with E-state index in [-0.39, 0.29) is 6.10 Å². The molecule has 1 aromatic heterocycles. The second-order valence-corrected chi connectivity index (χ2v) is 4.40. The summed E-state index contributed by atoms with van der Waals surface area (Å²) in [5, 5.41) is 14.1. The average Bonchev–Trinajstić information content (AvgIpc) is 2.52. The van der Waals surface area contributed by atoms with Gasteiger partial charge in [0.2, 0.25) is 0 Å². The number of hydrogen-bond donors (Lipinski definition) is 1. The molecule has 1 N–H and O–H groups in total. The molecular formula is C11H20N2O. The fourth-order valence-corrected chi connectivity index (χ4v) is 1.22. The van der Waals surface area contributed by atoms with Crippen LogP contribution in [0.1, 0.15) is 39.4 Å². The van der Waals surface area contributed by atoms with E-state index in [1.54, 1.807) is 0 Å². The molecule has 14 heavy (non-hydrogen) atoms. The van der Waals surface area contributed by atoms with E-state index in [1.165, 1.54) is 0 Å². The summed E-state index contributed by atoms with van der Waals surface area (Å²) >= 11 is 0. The van der Waals surface area contributed by atoms with Gasteiger partial charge in [-0.1, -0.05) is 13.8 Å². The van der Waals surface area contributed by atoms with E-state index in [4.69, 9.17) is 0 Å². The molecule has 0 amide bonds. The average molecular weight is 196 g/mol. The zero-order valence-electron chi connectivity index (χ0n) is 9.44. The van der Waals surface area contributed by atoms with Gasteiger partial charge in [-0.2, -0.15) is 5.10 Å². The van der Waals surface area contributed by atoms with Gasteiger partial charge in [-0.15, -0.1) is 0 Å². The molecule has 1 unspecified atom stereocenters. The Morgan fingerprint density at radius 1 is 1.36 bits per heavy atom. The molecule has 0 aliphatic carbocycles. The number of aliphatic hydroxyl groups is 1. The number of hydrogen-bond acceptors (Lipinski definition) is 2. The van der Waals surface area contributed by atoms with Gasteiger partial charge in [-0.05, 0) is 25.8 Å². The van der Waals surface area contributed by atoms with Crippen molar-refractivity contribution in [3.63, 3.8) is 0 Å². The van der Waals surface area contributed by atoms with Crippen molar-refractivity contribution < 1.29 is 5.11 Å². The van der Waals surface area contributed by atoms with Crippen molar-refractivity contribution in [2.45, 2.75) is 46.3 Å². The lowest BCUT2D eigenvalue weighted by Crippen LogP contribution is -2.18. The molecule has 3 nitrogen and oxygen atoms in total. The monoisotopic (exact) mass is 196 g/mol. The summed E-state index contributed by atoms with van der Waals surface area (Å²) in [5.41, 5.74) is 0.972. The SMILES string of the molecule is CC(C)C(O)Cc1ccn(C(C)C)n1. The van der Waals surface area contributed by atoms with Crippen molar-refractivity contribution in [2.24, 2.45) is 5.92 Å². The van der Waals surface area contributed by atoms with Crippen LogP contribution in [-0.2, 0) is 6.42 Å². The van der Waals surface area contributed by atoms with Crippen LogP contribution in [0.3, 0.4) is 0 Å². The topological polar surface area (TPSA) is 38.0 Å². The molecule has 1 aromatic rings. The lowest BCUT2D eigenvalue weighted by Gasteiger charge is -2.12. The van der Waals surface area contributed by atoms with Crippen LogP contribution in [0.25, 0.3) is 0 Å². The Balaban J connectivity index is 2.60. The summed E-state index contributed by atoms with van der Waals surface area (Å²) in [4.78, 5) is 0. The Morgan fingerprint density at radius 3 is 2.43 bits per heavy atom. The summed E-state index contributed by atoms with van der Waals surface area (Å²) in [7, 11) is 0. The minimum Gasteiger partial charge on any atom is -0.392 e. The quantitative estimate of drug-likeness (QED) is 0.800. The third kappa shape index (κ3) is 2.84. The minimum absolute atomic E-state index is 0.287. The van der Waals surface area contributed by atoms with Gasteiger partial charge < -0.3 is 5.11 Å². The number of aromatic nitrogens is 2. The molecule has 0 saturated heterocycles. The van der Waals surface area contributed by atoms with Crippen molar-refractivity contribution in [2.75, 3.05) is 0 Å². The Bertz CT molecular complexity index is 279. The first-order valence-electron chi connectivity index (χ1n) is 5.22. The van der Waals surface area contributed by atoms with Gasteiger partial charge in [-0.3, -0.25) is 4.68 Å². The first kappa shape index (κ1) is 11.2. The van der Waals surface area contributed by atoms with Crippen LogP contribution in [0.2, 0.25) is 0 Å². The maximum absolute atomic E-state index is 9.68. The van der Waals surface area contributed by atoms with Crippen molar-refractivity contribution in [3.8, 4) is 0 Å². The molecule has 80 valence electrons. The molecule has 0 bridgehead atoms. The first-order chi connectivity index (χ1) is 6.50. The summed E-state index contributed by atoms with van der Waals surface area (Å²) in [6, 6.07) is 2.37. The van der Waals surface area contributed by atoms with E-state index in [9.17, 15) is 5.11 Å². The van der Waals surface area contributed by atoms with Gasteiger partial charge in [0.05, 0.1) is 11.8 Å². The van der Waals surface area contributed by atoms with E-state index >= 15 is 0 Å². The van der Waals surface area contributed by atoms with Gasteiger partial charge in [0.15, 0.2) is 0 Å². The summed E-state index contributed by atoms with van der Waals surface area (Å²) in [5.74, 6) is 0.291. The zero-order valence-corrected chi connectivity index (χ0v) is 9.44. The molecule has 1 rings (SSSR count). The highest BCUT2D eigenvalue weighted by molar-refractivity contribution is 5.01. The molecule has 0 aliphatic rings. The fraction of sp³-hybridized carbons (Fsp3) is 0.727. The van der Waals surface area contributed by atoms with Gasteiger partial charge >= 0.3 is 0 Å². The summed E-state index contributed by atoms with van der Waals surface area (Å²) < 4.78 is 1.92. The Kier molecular flexibility index (Phi) is 3.69. The second-order valence-electron chi connectivity index (χ2n) is 4.40. The predicted molar refractivity (Wildman–Crippen MR) is 57.2 cm³/mol. The van der Waals surface area contributed by atoms with Gasteiger partial charge in [0.1, 0.15) is 0 Å². The van der Waals surface area contributed by atoms with Crippen LogP contribution in [0.15, 0.2) is 12.3 Å². The molecule has 1 atom stereocenters. The first-order valence-corrected chi connectivity index (χ1v) is 5.22. The molecule has 1 heterocycles. The highest BCUT2D eigenvalue weighted by atomic mass is 16.3. The fourth-order valence-electron chi connectivity index (χ4n) is 1.22. The summed E-state index contributed by atoms with van der Waals surface area (Å²) in [6.45, 7) is 8.22. The number of nitrogens with zero attached hydrogens (tertiary/aromatic N) is 2. The van der Waals surface area contributed by atoms with E-state index < -0.39 is 0 Å². The largest absolute Gasteiger partial charge is 0.392 e. The highest BCUT2D eigenvalue weighted by Crippen LogP contribution is 2.10. The molecule has 0 aromatic carbocycles. The van der Waals surface area contributed by atoms with Crippen LogP contribution < -0.4 is 0 Å². The van der Waals surface area contributed by atoms with Crippen LogP contribution in [-0.4, -0.2) is 21.0 Å². The molecular weight excluding hydrogens is 176 g/mol. The maximum Gasteiger partial charge on any atom is 0.0650 e. The van der Waals surface area contributed by atoms with Crippen molar-refractivity contribution >= 4 is 0 Å². The zero-order chi connectivity index (χ0) is 10.7. The van der Waals surface area contributed by atoms with E-state index in [0.717, 1.165) is 5.69 Å². The maximum atomic E-state index is 9.68. The third-order valence-corrected chi connectivity index (χ3v) is 2.38. The third-order valence-electron chi connectivity index (χ3n) is 2.38. The molecule has 0 aliphatic heterocycles. The van der Waals surface area contributed by atoms with Gasteiger partial charge in [-0.25, -0.2) is 0 Å². The van der Waals surface area contributed by atoms with Crippen molar-refractivity contribution in [3.05, 3.63) is 18.0 Å². The van der Waals surface area contributed by atoms with E-state index in [0.29, 0.717) is 18.4 Å². The Labute approximate surface area is 85.8 Å². The molecule has 0 fully saturated rings. The molecule has 3 heteroatoms. The van der Waals surface area contributed by atoms with Crippen LogP contribution in [0.4, 0.5) is 0 Å². The standard InChI is InChI=1S/C11H20N2O/c1-8(2)11(14)7-10-5-6-13(12-10)9(3)4/h5-6,8-9,11,14H,7H2,1-4H3. The van der Waals surface area contributed by atoms with E-state index in [1.807, 2.05) is 30.8 Å². The van der Waals surface area contributed by atoms with Crippen LogP contribution in [0, 0.1) is 5.92 Å². The van der Waals surface area contributed by atoms with Gasteiger partial charge in [0, 0.05) is 18.7 Å². The van der Waals surface area contributed by atoms with E-state index in [2.05, 4.69) is 18.9 Å². The second kappa shape index (κ2) is 4.60. The number of rotatable bonds is 4. The normalized spacial score (nSPS) is 13.9. The lowest BCUT2D eigenvalue weighted by molar-refractivity contribution is 0.124. The predicted octanol–water partition coefficient (Wildman–Crippen LogP) is 2.02. The van der Waals surface area contributed by atoms with Gasteiger partial charge in [0.25, 0.3) is 0 Å². The molecule has 0 saturated carbocycles. The minimum atomic E-state index is -0.287. The van der Waals surface area contributed by atoms with Crippen LogP contribution in [0.5, 0.6) is 0 Å². The highest BCUT2D eigenvalue weighted by Gasteiger charge is 2.12. The smallest absolute Gasteiger partial charge is 0.0650 e. The summed E-state index contributed by atoms with van der Waals surface area (Å²) in [6.07, 6.45) is 2.33. The van der Waals surface area contributed by atoms with Crippen molar-refractivity contribution in [1.29, 1.82) is 0 Å². The molecule has 0 radical (unpaired) electrons. The lowest BCUT2D eigenvalue weighted by atomic mass is 10.0. The number of aliphatic hydroxyl groups excluding tert-OH is 1. The van der Waals surface area contributed by atoms with Crippen LogP contribution >= 0.6 is 0 Å².